The fourth-order valence-corrected chi connectivity index (χ4v) is 7.62. The minimum Gasteiger partial charge on any atom is -0.543 e. The van der Waals surface area contributed by atoms with E-state index in [1.165, 1.54) is 45.5 Å². The zero-order valence-electron chi connectivity index (χ0n) is 22.1. The molecule has 3 aromatic rings. The summed E-state index contributed by atoms with van der Waals surface area (Å²) in [5.74, 6) is -2.34. The van der Waals surface area contributed by atoms with Crippen molar-refractivity contribution in [1.29, 1.82) is 0 Å². The number of amides is 2. The Morgan fingerprint density at radius 3 is 2.64 bits per heavy atom. The van der Waals surface area contributed by atoms with Gasteiger partial charge in [-0.25, -0.2) is 14.5 Å². The molecule has 3 aliphatic rings. The monoisotopic (exact) mass is 626 g/mol. The van der Waals surface area contributed by atoms with E-state index in [2.05, 4.69) is 32.7 Å². The second-order valence-corrected chi connectivity index (χ2v) is 12.8. The highest BCUT2D eigenvalue weighted by Crippen LogP contribution is 2.40. The molecule has 6 rings (SSSR count). The lowest BCUT2D eigenvalue weighted by atomic mass is 9.93. The molecule has 1 unspecified atom stereocenters. The topological polar surface area (TPSA) is 193 Å². The van der Waals surface area contributed by atoms with Crippen LogP contribution in [0.5, 0.6) is 0 Å². The molecule has 218 valence electrons. The van der Waals surface area contributed by atoms with Crippen LogP contribution in [0.15, 0.2) is 45.6 Å². The van der Waals surface area contributed by atoms with E-state index < -0.39 is 29.2 Å². The Bertz CT molecular complexity index is 1630. The van der Waals surface area contributed by atoms with Gasteiger partial charge in [-0.1, -0.05) is 5.16 Å². The number of carbonyl (C=O) groups is 3. The van der Waals surface area contributed by atoms with Crippen molar-refractivity contribution in [3.8, 4) is 0 Å². The zero-order chi connectivity index (χ0) is 29.4. The van der Waals surface area contributed by atoms with Crippen molar-refractivity contribution in [1.82, 2.24) is 20.2 Å². The van der Waals surface area contributed by atoms with Crippen LogP contribution < -0.4 is 26.5 Å². The summed E-state index contributed by atoms with van der Waals surface area (Å²) in [6.07, 6.45) is 8.35. The number of hydrogen-bond acceptors (Lipinski definition) is 13. The number of thioether (sulfide) groups is 1. The maximum atomic E-state index is 13.3. The number of nitrogen functional groups attached to an aromatic ring is 2. The van der Waals surface area contributed by atoms with Gasteiger partial charge in [0.1, 0.15) is 17.1 Å². The zero-order valence-corrected chi connectivity index (χ0v) is 24.6. The molecular weight excluding hydrogens is 601 g/mol. The van der Waals surface area contributed by atoms with Crippen molar-refractivity contribution in [2.75, 3.05) is 17.2 Å². The van der Waals surface area contributed by atoms with E-state index in [0.29, 0.717) is 28.7 Å². The summed E-state index contributed by atoms with van der Waals surface area (Å²) in [7, 11) is 0. The maximum absolute atomic E-state index is 13.3. The molecule has 2 atom stereocenters. The molecule has 0 radical (unpaired) electrons. The number of nitrogens with one attached hydrogen (secondary N) is 1. The molecule has 5 N–H and O–H groups in total. The van der Waals surface area contributed by atoms with Crippen LogP contribution in [0.4, 0.5) is 10.3 Å². The average Bonchev–Trinajstić information content (AvgIpc) is 3.60. The molecule has 2 amide bonds. The molecule has 42 heavy (non-hydrogen) atoms. The standard InChI is InChI=1S/C26H26N8O5S3/c27-25-29-16(11-41-25)9-39-32-18(17-12-42-26(28)30-17)21(35)31-19-22(36)34-20(24(37)38)15(10-40-23(19)34)8-33-6-5-13-3-1-2-4-14(13)7-33/h5-7,11-12,19,23H,1-4,8-10H2,(H5-,27,28,29,30,31,35,37,38)/b32-18-/t19?,23-/m1/s1. The van der Waals surface area contributed by atoms with Crippen LogP contribution >= 0.6 is 34.4 Å². The number of oxime groups is 1. The largest absolute Gasteiger partial charge is 0.543 e. The third-order valence-electron chi connectivity index (χ3n) is 7.16. The fourth-order valence-electron chi connectivity index (χ4n) is 5.19. The lowest BCUT2D eigenvalue weighted by Crippen LogP contribution is -2.71. The van der Waals surface area contributed by atoms with E-state index in [9.17, 15) is 19.5 Å². The summed E-state index contributed by atoms with van der Waals surface area (Å²) in [4.78, 5) is 53.5. The van der Waals surface area contributed by atoms with Gasteiger partial charge < -0.3 is 31.5 Å². The van der Waals surface area contributed by atoms with Gasteiger partial charge in [0.2, 0.25) is 0 Å². The van der Waals surface area contributed by atoms with Crippen LogP contribution in [0.3, 0.4) is 0 Å². The van der Waals surface area contributed by atoms with Crippen LogP contribution in [0.25, 0.3) is 0 Å². The number of nitrogens with two attached hydrogens (primary N) is 2. The number of carbonyl (C=O) groups excluding carboxylic acids is 3. The van der Waals surface area contributed by atoms with Crippen molar-refractivity contribution < 1.29 is 28.9 Å². The first-order valence-electron chi connectivity index (χ1n) is 13.1. The molecular formula is C26H26N8O5S3. The number of carboxylic acids is 1. The minimum atomic E-state index is -1.43. The first kappa shape index (κ1) is 28.1. The Morgan fingerprint density at radius 2 is 1.93 bits per heavy atom. The Balaban J connectivity index is 1.18. The van der Waals surface area contributed by atoms with Crippen LogP contribution in [0.1, 0.15) is 35.4 Å². The Labute approximate surface area is 252 Å². The highest BCUT2D eigenvalue weighted by Gasteiger charge is 2.53. The number of β-lactam (4-membered cyclic amide) rings is 1. The molecule has 1 aliphatic carbocycles. The lowest BCUT2D eigenvalue weighted by Gasteiger charge is -2.50. The first-order valence-corrected chi connectivity index (χ1v) is 15.9. The van der Waals surface area contributed by atoms with E-state index in [0.717, 1.165) is 30.6 Å². The number of aliphatic carboxylic acids is 1. The number of rotatable bonds is 9. The summed E-state index contributed by atoms with van der Waals surface area (Å²) >= 11 is 3.74. The molecule has 13 nitrogen and oxygen atoms in total. The van der Waals surface area contributed by atoms with Crippen molar-refractivity contribution in [3.63, 3.8) is 0 Å². The van der Waals surface area contributed by atoms with Crippen LogP contribution in [0.2, 0.25) is 0 Å². The SMILES string of the molecule is Nc1nc(CO/N=C(\C(=O)NC2C(=O)N3C(C(=O)[O-])=C(C[n+]4ccc5c(c4)CCCC5)CS[C@H]23)c2csc(N)n2)cs1. The number of aryl methyl sites for hydroxylation is 2. The fraction of sp³-hybridized carbons (Fsp3) is 0.346. The van der Waals surface area contributed by atoms with E-state index in [1.807, 2.05) is 10.8 Å². The number of fused-ring (bicyclic) bond motifs is 2. The lowest BCUT2D eigenvalue weighted by molar-refractivity contribution is -0.689. The van der Waals surface area contributed by atoms with E-state index in [-0.39, 0.29) is 28.8 Å². The quantitative estimate of drug-likeness (QED) is 0.126. The summed E-state index contributed by atoms with van der Waals surface area (Å²) in [5, 5.41) is 22.1. The molecule has 2 aliphatic heterocycles. The molecule has 0 spiro atoms. The normalized spacial score (nSPS) is 20.0. The van der Waals surface area contributed by atoms with Gasteiger partial charge in [-0.05, 0) is 31.2 Å². The Kier molecular flexibility index (Phi) is 7.83. The number of carboxylic acid groups (broad SMARTS) is 1. The second kappa shape index (κ2) is 11.7. The number of thiazole rings is 2. The van der Waals surface area contributed by atoms with Gasteiger partial charge in [-0.15, -0.1) is 34.4 Å². The van der Waals surface area contributed by atoms with E-state index >= 15 is 0 Å². The summed E-state index contributed by atoms with van der Waals surface area (Å²) in [5.41, 5.74) is 14.9. The molecule has 1 saturated heterocycles. The number of nitrogens with zero attached hydrogens (tertiary/aromatic N) is 5. The number of hydrogen-bond donors (Lipinski definition) is 3. The van der Waals surface area contributed by atoms with Gasteiger partial charge in [-0.2, -0.15) is 0 Å². The molecule has 0 aromatic carbocycles. The Morgan fingerprint density at radius 1 is 1.17 bits per heavy atom. The smallest absolute Gasteiger partial charge is 0.276 e. The second-order valence-electron chi connectivity index (χ2n) is 9.94. The third-order valence-corrected chi connectivity index (χ3v) is 9.90. The van der Waals surface area contributed by atoms with Crippen molar-refractivity contribution >= 4 is 68.2 Å². The third kappa shape index (κ3) is 5.56. The van der Waals surface area contributed by atoms with Gasteiger partial charge in [0.05, 0.1) is 17.4 Å². The summed E-state index contributed by atoms with van der Waals surface area (Å²) in [6.45, 7) is 0.282. The van der Waals surface area contributed by atoms with Crippen molar-refractivity contribution in [3.05, 3.63) is 63.0 Å². The van der Waals surface area contributed by atoms with Gasteiger partial charge in [0.15, 0.2) is 41.5 Å². The summed E-state index contributed by atoms with van der Waals surface area (Å²) in [6, 6.07) is 1.10. The van der Waals surface area contributed by atoms with Gasteiger partial charge in [-0.3, -0.25) is 14.5 Å². The van der Waals surface area contributed by atoms with E-state index in [4.69, 9.17) is 16.3 Å². The summed E-state index contributed by atoms with van der Waals surface area (Å²) < 4.78 is 1.95. The van der Waals surface area contributed by atoms with Gasteiger partial charge in [0, 0.05) is 33.7 Å². The number of aromatic nitrogens is 3. The molecule has 0 saturated carbocycles. The number of pyridine rings is 1. The molecule has 1 fully saturated rings. The predicted octanol–water partition coefficient (Wildman–Crippen LogP) is -0.0447. The van der Waals surface area contributed by atoms with E-state index in [1.54, 1.807) is 10.8 Å². The number of anilines is 2. The minimum absolute atomic E-state index is 0.0382. The molecule has 5 heterocycles. The molecule has 16 heteroatoms. The van der Waals surface area contributed by atoms with Crippen LogP contribution in [-0.2, 0) is 45.2 Å². The van der Waals surface area contributed by atoms with Gasteiger partial charge >= 0.3 is 0 Å². The predicted molar refractivity (Wildman–Crippen MR) is 155 cm³/mol. The van der Waals surface area contributed by atoms with Crippen molar-refractivity contribution in [2.24, 2.45) is 5.16 Å². The van der Waals surface area contributed by atoms with Crippen molar-refractivity contribution in [2.45, 2.75) is 50.3 Å². The average molecular weight is 627 g/mol. The van der Waals surface area contributed by atoms with Crippen LogP contribution in [0, 0.1) is 0 Å². The Hall–Kier alpha value is -4.02. The highest BCUT2D eigenvalue weighted by molar-refractivity contribution is 8.00. The highest BCUT2D eigenvalue weighted by atomic mass is 32.2. The van der Waals surface area contributed by atoms with Crippen LogP contribution in [-0.4, -0.2) is 55.5 Å². The molecule has 0 bridgehead atoms. The maximum Gasteiger partial charge on any atom is 0.276 e. The van der Waals surface area contributed by atoms with Gasteiger partial charge in [0.25, 0.3) is 11.8 Å². The molecule has 3 aromatic heterocycles. The first-order chi connectivity index (χ1) is 20.3.